The number of nitrogens with zero attached hydrogens (tertiary/aromatic N) is 5. The predicted octanol–water partition coefficient (Wildman–Crippen LogP) is 1.86. The number of likely N-dealkylation sites (tertiary alicyclic amines) is 2. The Morgan fingerprint density at radius 2 is 1.83 bits per heavy atom. The van der Waals surface area contributed by atoms with Crippen LogP contribution in [0.1, 0.15) is 57.9 Å². The fourth-order valence-electron chi connectivity index (χ4n) is 4.72. The maximum absolute atomic E-state index is 12.9. The zero-order valence-corrected chi connectivity index (χ0v) is 17.4. The van der Waals surface area contributed by atoms with E-state index in [2.05, 4.69) is 10.1 Å². The number of amides is 2. The molecule has 1 spiro atoms. The van der Waals surface area contributed by atoms with Crippen LogP contribution in [-0.4, -0.2) is 68.2 Å². The van der Waals surface area contributed by atoms with E-state index in [4.69, 9.17) is 4.74 Å². The van der Waals surface area contributed by atoms with Crippen LogP contribution in [0.2, 0.25) is 0 Å². The molecule has 0 aromatic carbocycles. The number of aryl methyl sites for hydroxylation is 1. The second kappa shape index (κ2) is 7.21. The third kappa shape index (κ3) is 3.26. The van der Waals surface area contributed by atoms with Gasteiger partial charge >= 0.3 is 0 Å². The summed E-state index contributed by atoms with van der Waals surface area (Å²) in [5, 5.41) is 6.36. The van der Waals surface area contributed by atoms with Crippen LogP contribution < -0.4 is 0 Å². The van der Waals surface area contributed by atoms with Crippen LogP contribution >= 0.6 is 11.3 Å². The monoisotopic (exact) mass is 415 g/mol. The van der Waals surface area contributed by atoms with Crippen LogP contribution in [0.4, 0.5) is 0 Å². The Hall–Kier alpha value is -2.26. The number of ether oxygens (including phenoxy) is 1. The molecule has 0 bridgehead atoms. The molecule has 2 amide bonds. The van der Waals surface area contributed by atoms with Crippen LogP contribution in [0.3, 0.4) is 0 Å². The van der Waals surface area contributed by atoms with Crippen molar-refractivity contribution in [1.82, 2.24) is 24.6 Å². The van der Waals surface area contributed by atoms with Crippen molar-refractivity contribution in [2.45, 2.75) is 44.3 Å². The van der Waals surface area contributed by atoms with Crippen LogP contribution in [0.5, 0.6) is 0 Å². The Labute approximate surface area is 173 Å². The van der Waals surface area contributed by atoms with Gasteiger partial charge in [0.2, 0.25) is 0 Å². The molecule has 0 atom stereocenters. The van der Waals surface area contributed by atoms with E-state index >= 15 is 0 Å². The Morgan fingerprint density at radius 1 is 1.10 bits per heavy atom. The highest BCUT2D eigenvalue weighted by Crippen LogP contribution is 2.37. The van der Waals surface area contributed by atoms with E-state index in [0.717, 1.165) is 56.5 Å². The van der Waals surface area contributed by atoms with Gasteiger partial charge in [0, 0.05) is 56.3 Å². The Balaban J connectivity index is 1.30. The number of hydrogen-bond donors (Lipinski definition) is 0. The van der Waals surface area contributed by atoms with Gasteiger partial charge in [-0.15, -0.1) is 11.3 Å². The number of piperidine rings is 1. The average Bonchev–Trinajstić information content (AvgIpc) is 3.50. The molecule has 0 aliphatic carbocycles. The number of carbonyl (C=O) groups is 2. The van der Waals surface area contributed by atoms with Gasteiger partial charge in [0.05, 0.1) is 17.7 Å². The average molecular weight is 416 g/mol. The Kier molecular flexibility index (Phi) is 4.66. The van der Waals surface area contributed by atoms with E-state index in [-0.39, 0.29) is 17.4 Å². The Morgan fingerprint density at radius 3 is 2.52 bits per heavy atom. The minimum Gasteiger partial charge on any atom is -0.370 e. The van der Waals surface area contributed by atoms with E-state index < -0.39 is 0 Å². The third-order valence-corrected chi connectivity index (χ3v) is 7.08. The summed E-state index contributed by atoms with van der Waals surface area (Å²) in [7, 11) is 1.92. The van der Waals surface area contributed by atoms with Gasteiger partial charge in [-0.25, -0.2) is 4.98 Å². The quantitative estimate of drug-likeness (QED) is 0.748. The van der Waals surface area contributed by atoms with Crippen molar-refractivity contribution < 1.29 is 14.3 Å². The van der Waals surface area contributed by atoms with E-state index in [9.17, 15) is 9.59 Å². The first kappa shape index (κ1) is 18.7. The lowest BCUT2D eigenvalue weighted by molar-refractivity contribution is -0.0990. The summed E-state index contributed by atoms with van der Waals surface area (Å²) < 4.78 is 8.20. The molecule has 5 heterocycles. The largest absolute Gasteiger partial charge is 0.370 e. The summed E-state index contributed by atoms with van der Waals surface area (Å²) in [4.78, 5) is 33.3. The molecule has 9 heteroatoms. The second-order valence-corrected chi connectivity index (χ2v) is 8.93. The lowest BCUT2D eigenvalue weighted by atomic mass is 9.83. The molecular weight excluding hydrogens is 390 g/mol. The van der Waals surface area contributed by atoms with Gasteiger partial charge in [-0.05, 0) is 25.7 Å². The first-order valence-corrected chi connectivity index (χ1v) is 11.2. The summed E-state index contributed by atoms with van der Waals surface area (Å²) in [6, 6.07) is 0. The van der Waals surface area contributed by atoms with Gasteiger partial charge in [0.1, 0.15) is 5.69 Å². The van der Waals surface area contributed by atoms with Gasteiger partial charge in [-0.3, -0.25) is 14.3 Å². The van der Waals surface area contributed by atoms with Gasteiger partial charge in [0.15, 0.2) is 5.69 Å². The highest BCUT2D eigenvalue weighted by Gasteiger charge is 2.43. The predicted molar refractivity (Wildman–Crippen MR) is 107 cm³/mol. The topological polar surface area (TPSA) is 80.6 Å². The fourth-order valence-corrected chi connectivity index (χ4v) is 5.24. The third-order valence-electron chi connectivity index (χ3n) is 6.50. The van der Waals surface area contributed by atoms with Crippen LogP contribution in [0.15, 0.2) is 10.9 Å². The van der Waals surface area contributed by atoms with Crippen molar-refractivity contribution in [1.29, 1.82) is 0 Å². The SMILES string of the molecule is Cn1nc(C(=O)N2CCCC2)c2c1CC1(CCN(C(=O)c3cscn3)CC1)OC2. The van der Waals surface area contributed by atoms with E-state index in [1.807, 2.05) is 21.5 Å². The van der Waals surface area contributed by atoms with Crippen molar-refractivity contribution in [3.63, 3.8) is 0 Å². The van der Waals surface area contributed by atoms with Gasteiger partial charge < -0.3 is 14.5 Å². The van der Waals surface area contributed by atoms with E-state index in [1.54, 1.807) is 10.9 Å². The standard InChI is InChI=1S/C20H25N5O3S/c1-23-16-10-20(4-8-25(9-5-20)18(26)15-12-29-13-21-15)28-11-14(16)17(22-23)19(27)24-6-2-3-7-24/h12-13H,2-11H2,1H3. The molecule has 0 unspecified atom stereocenters. The summed E-state index contributed by atoms with van der Waals surface area (Å²) in [6.07, 6.45) is 4.43. The first-order valence-electron chi connectivity index (χ1n) is 10.2. The molecule has 5 rings (SSSR count). The summed E-state index contributed by atoms with van der Waals surface area (Å²) in [5.74, 6) is 0.0270. The number of fused-ring (bicyclic) bond motifs is 1. The summed E-state index contributed by atoms with van der Waals surface area (Å²) in [5.41, 5.74) is 4.51. The molecule has 2 aromatic rings. The van der Waals surface area contributed by atoms with Crippen molar-refractivity contribution in [2.75, 3.05) is 26.2 Å². The summed E-state index contributed by atoms with van der Waals surface area (Å²) in [6.45, 7) is 3.36. The Bertz CT molecular complexity index is 924. The highest BCUT2D eigenvalue weighted by molar-refractivity contribution is 7.07. The zero-order chi connectivity index (χ0) is 20.0. The highest BCUT2D eigenvalue weighted by atomic mass is 32.1. The number of thiazole rings is 1. The normalized spacial score (nSPS) is 20.9. The molecule has 0 N–H and O–H groups in total. The molecule has 29 heavy (non-hydrogen) atoms. The molecule has 0 saturated carbocycles. The van der Waals surface area contributed by atoms with Crippen molar-refractivity contribution >= 4 is 23.2 Å². The van der Waals surface area contributed by atoms with Gasteiger partial charge in [-0.1, -0.05) is 0 Å². The first-order chi connectivity index (χ1) is 14.1. The minimum absolute atomic E-state index is 0.00312. The van der Waals surface area contributed by atoms with Crippen molar-refractivity contribution in [3.8, 4) is 0 Å². The van der Waals surface area contributed by atoms with Crippen molar-refractivity contribution in [2.24, 2.45) is 7.05 Å². The lowest BCUT2D eigenvalue weighted by Gasteiger charge is -2.43. The van der Waals surface area contributed by atoms with Crippen molar-refractivity contribution in [3.05, 3.63) is 33.5 Å². The molecule has 2 saturated heterocycles. The van der Waals surface area contributed by atoms with Crippen LogP contribution in [0, 0.1) is 0 Å². The maximum atomic E-state index is 12.9. The number of aromatic nitrogens is 3. The maximum Gasteiger partial charge on any atom is 0.274 e. The van der Waals surface area contributed by atoms with Gasteiger partial charge in [-0.2, -0.15) is 5.10 Å². The lowest BCUT2D eigenvalue weighted by Crippen LogP contribution is -2.50. The minimum atomic E-state index is -0.284. The molecule has 3 aliphatic heterocycles. The molecular formula is C20H25N5O3S. The number of hydrogen-bond acceptors (Lipinski definition) is 6. The molecule has 0 radical (unpaired) electrons. The smallest absolute Gasteiger partial charge is 0.274 e. The molecule has 2 fully saturated rings. The zero-order valence-electron chi connectivity index (χ0n) is 16.6. The fraction of sp³-hybridized carbons (Fsp3) is 0.600. The number of carbonyl (C=O) groups excluding carboxylic acids is 2. The summed E-state index contributed by atoms with van der Waals surface area (Å²) >= 11 is 1.44. The second-order valence-electron chi connectivity index (χ2n) is 8.21. The molecule has 154 valence electrons. The molecule has 2 aromatic heterocycles. The molecule has 8 nitrogen and oxygen atoms in total. The van der Waals surface area contributed by atoms with Crippen LogP contribution in [0.25, 0.3) is 0 Å². The van der Waals surface area contributed by atoms with Crippen LogP contribution in [-0.2, 0) is 24.8 Å². The number of rotatable bonds is 2. The van der Waals surface area contributed by atoms with E-state index in [0.29, 0.717) is 31.1 Å². The molecule has 3 aliphatic rings. The van der Waals surface area contributed by atoms with E-state index in [1.165, 1.54) is 11.3 Å². The van der Waals surface area contributed by atoms with Gasteiger partial charge in [0.25, 0.3) is 11.8 Å².